The highest BCUT2D eigenvalue weighted by molar-refractivity contribution is 7.92. The maximum absolute atomic E-state index is 13.1. The number of sulfonamides is 2. The van der Waals surface area contributed by atoms with Gasteiger partial charge in [0.05, 0.1) is 5.56 Å². The van der Waals surface area contributed by atoms with Crippen LogP contribution in [0.4, 0.5) is 14.5 Å². The average Bonchev–Trinajstić information content (AvgIpc) is 3.24. The smallest absolute Gasteiger partial charge is 0.242 e. The van der Waals surface area contributed by atoms with Gasteiger partial charge in [0.1, 0.15) is 9.79 Å². The molecule has 12 nitrogen and oxygen atoms in total. The third kappa shape index (κ3) is 5.63. The summed E-state index contributed by atoms with van der Waals surface area (Å²) >= 11 is 0. The highest BCUT2D eigenvalue weighted by atomic mass is 32.2. The molecule has 0 radical (unpaired) electrons. The molecule has 7 N–H and O–H groups in total. The molecule has 1 aromatic carbocycles. The summed E-state index contributed by atoms with van der Waals surface area (Å²) in [6.07, 6.45) is -1.70. The fourth-order valence-corrected chi connectivity index (χ4v) is 6.97. The van der Waals surface area contributed by atoms with Crippen molar-refractivity contribution in [3.8, 4) is 0 Å². The quantitative estimate of drug-likeness (QED) is 0.142. The Bertz CT molecular complexity index is 1130. The first-order chi connectivity index (χ1) is 15.5. The van der Waals surface area contributed by atoms with Crippen LogP contribution in [0.15, 0.2) is 32.2 Å². The van der Waals surface area contributed by atoms with Crippen LogP contribution in [0.5, 0.6) is 0 Å². The topological polar surface area (TPSA) is 196 Å². The molecule has 0 bridgehead atoms. The number of halogens is 2. The van der Waals surface area contributed by atoms with Crippen LogP contribution in [0, 0.1) is 11.4 Å². The van der Waals surface area contributed by atoms with Crippen molar-refractivity contribution in [1.82, 2.24) is 10.0 Å². The van der Waals surface area contributed by atoms with E-state index < -0.39 is 54.1 Å². The molecular weight excluding hydrogens is 482 g/mol. The number of nitrogens with zero attached hydrogens (tertiary/aromatic N) is 3. The summed E-state index contributed by atoms with van der Waals surface area (Å²) in [6.45, 7) is 1.26. The maximum Gasteiger partial charge on any atom is 0.242 e. The van der Waals surface area contributed by atoms with E-state index in [1.807, 2.05) is 0 Å². The van der Waals surface area contributed by atoms with E-state index in [0.717, 1.165) is 6.07 Å². The zero-order chi connectivity index (χ0) is 24.4. The van der Waals surface area contributed by atoms with Gasteiger partial charge >= 0.3 is 0 Å². The first-order valence-electron chi connectivity index (χ1n) is 10.1. The Morgan fingerprint density at radius 2 is 1.88 bits per heavy atom. The van der Waals surface area contributed by atoms with Crippen LogP contribution >= 0.6 is 0 Å². The minimum absolute atomic E-state index is 0.137. The van der Waals surface area contributed by atoms with E-state index in [4.69, 9.17) is 16.4 Å². The number of piperidine rings is 1. The fourth-order valence-electron chi connectivity index (χ4n) is 4.09. The van der Waals surface area contributed by atoms with Gasteiger partial charge in [-0.05, 0) is 37.9 Å². The lowest BCUT2D eigenvalue weighted by atomic mass is 9.96. The lowest BCUT2D eigenvalue weighted by Crippen LogP contribution is -2.39. The minimum Gasteiger partial charge on any atom is -0.382 e. The summed E-state index contributed by atoms with van der Waals surface area (Å²) in [5.41, 5.74) is 12.7. The number of nitrogens with two attached hydrogens (primary N) is 2. The van der Waals surface area contributed by atoms with Crippen LogP contribution in [-0.2, 0) is 20.0 Å². The van der Waals surface area contributed by atoms with Gasteiger partial charge in [-0.3, -0.25) is 0 Å². The predicted molar refractivity (Wildman–Crippen MR) is 116 cm³/mol. The minimum atomic E-state index is -4.67. The number of hydrogen-bond acceptors (Lipinski definition) is 8. The molecule has 0 saturated carbocycles. The van der Waals surface area contributed by atoms with Gasteiger partial charge in [0, 0.05) is 37.3 Å². The molecule has 16 heteroatoms. The number of primary sulfonamides is 1. The van der Waals surface area contributed by atoms with Crippen molar-refractivity contribution in [3.63, 3.8) is 0 Å². The van der Waals surface area contributed by atoms with Gasteiger partial charge in [0.25, 0.3) is 0 Å². The first kappa shape index (κ1) is 25.4. The molecule has 0 spiro atoms. The molecule has 0 unspecified atom stereocenters. The molecule has 2 fully saturated rings. The molecule has 1 aromatic rings. The lowest BCUT2D eigenvalue weighted by Gasteiger charge is -2.35. The summed E-state index contributed by atoms with van der Waals surface area (Å²) in [7, 11) is -9.03. The second kappa shape index (κ2) is 9.92. The number of alkyl halides is 2. The summed E-state index contributed by atoms with van der Waals surface area (Å²) in [5.74, 6) is -1.35. The Balaban J connectivity index is 2.16. The van der Waals surface area contributed by atoms with Crippen LogP contribution in [0.2, 0.25) is 0 Å². The Hall–Kier alpha value is -2.27. The largest absolute Gasteiger partial charge is 0.382 e. The van der Waals surface area contributed by atoms with Gasteiger partial charge < -0.3 is 16.0 Å². The van der Waals surface area contributed by atoms with E-state index in [1.165, 1.54) is 6.07 Å². The molecule has 3 rings (SSSR count). The van der Waals surface area contributed by atoms with Crippen molar-refractivity contribution in [1.29, 1.82) is 5.53 Å². The number of rotatable bonds is 8. The number of anilines is 1. The monoisotopic (exact) mass is 508 g/mol. The molecular formula is C17H26F2N8O4S2. The van der Waals surface area contributed by atoms with Crippen LogP contribution < -0.4 is 25.8 Å². The lowest BCUT2D eigenvalue weighted by molar-refractivity contribution is 0.0636. The van der Waals surface area contributed by atoms with Crippen LogP contribution in [-0.4, -0.2) is 61.3 Å². The number of benzene rings is 1. The summed E-state index contributed by atoms with van der Waals surface area (Å²) in [4.78, 5) is 0.195. The third-order valence-corrected chi connectivity index (χ3v) is 8.39. The molecule has 2 heterocycles. The van der Waals surface area contributed by atoms with Gasteiger partial charge in [-0.15, -0.1) is 5.10 Å². The van der Waals surface area contributed by atoms with Gasteiger partial charge in [-0.2, -0.15) is 5.53 Å². The van der Waals surface area contributed by atoms with Crippen LogP contribution in [0.3, 0.4) is 0 Å². The van der Waals surface area contributed by atoms with Crippen LogP contribution in [0.25, 0.3) is 0 Å². The third-order valence-electron chi connectivity index (χ3n) is 5.71. The molecule has 33 heavy (non-hydrogen) atoms. The Morgan fingerprint density at radius 1 is 1.21 bits per heavy atom. The van der Waals surface area contributed by atoms with Crippen molar-refractivity contribution in [3.05, 3.63) is 17.7 Å². The van der Waals surface area contributed by atoms with Gasteiger partial charge in [-0.25, -0.2) is 35.5 Å². The average molecular weight is 509 g/mol. The Kier molecular flexibility index (Phi) is 7.62. The van der Waals surface area contributed by atoms with Crippen molar-refractivity contribution >= 4 is 31.6 Å². The molecule has 2 saturated heterocycles. The van der Waals surface area contributed by atoms with E-state index in [9.17, 15) is 25.6 Å². The Morgan fingerprint density at radius 3 is 2.39 bits per heavy atom. The Labute approximate surface area is 190 Å². The normalized spacial score (nSPS) is 21.0. The molecule has 2 aliphatic heterocycles. The number of nitrogens with one attached hydrogen (secondary N) is 3. The number of hydrogen-bond donors (Lipinski definition) is 5. The molecule has 2 aliphatic rings. The predicted octanol–water partition coefficient (Wildman–Crippen LogP) is 0.107. The second-order valence-corrected chi connectivity index (χ2v) is 11.1. The van der Waals surface area contributed by atoms with Crippen molar-refractivity contribution < 1.29 is 25.6 Å². The highest BCUT2D eigenvalue weighted by Gasteiger charge is 2.35. The SMILES string of the molecule is N=N/N=C(\N)c1c(N2CCC(C(F)F)CC2)ccc(S(=O)(=O)N[C@@H]2CCNC2)c1S(N)(=O)=O. The van der Waals surface area contributed by atoms with Gasteiger partial charge in [0.2, 0.25) is 26.5 Å². The van der Waals surface area contributed by atoms with E-state index in [1.54, 1.807) is 4.90 Å². The van der Waals surface area contributed by atoms with Crippen molar-refractivity contribution in [2.75, 3.05) is 31.1 Å². The fraction of sp³-hybridized carbons (Fsp3) is 0.588. The molecule has 184 valence electrons. The molecule has 1 atom stereocenters. The highest BCUT2D eigenvalue weighted by Crippen LogP contribution is 2.35. The standard InChI is InChI=1S/C17H26F2N8O4S2/c18-16(19)10-4-7-27(8-5-10)12-1-2-13(33(30,31)25-11-3-6-23-9-11)15(32(22,28)29)14(12)17(20)24-26-21/h1-2,10-11,16,23,25H,3-9H2,(H3,20,21,24)(H2,22,28,29)/t11-/m1/s1. The van der Waals surface area contributed by atoms with Gasteiger partial charge in [0.15, 0.2) is 5.84 Å². The summed E-state index contributed by atoms with van der Waals surface area (Å²) in [6, 6.07) is 1.97. The van der Waals surface area contributed by atoms with E-state index >= 15 is 0 Å². The molecule has 0 amide bonds. The van der Waals surface area contributed by atoms with Crippen molar-refractivity contribution in [2.24, 2.45) is 27.1 Å². The second-order valence-electron chi connectivity index (χ2n) is 7.89. The first-order valence-corrected chi connectivity index (χ1v) is 13.1. The number of amidine groups is 1. The zero-order valence-corrected chi connectivity index (χ0v) is 19.2. The summed E-state index contributed by atoms with van der Waals surface area (Å²) < 4.78 is 80.0. The van der Waals surface area contributed by atoms with Crippen molar-refractivity contribution in [2.45, 2.75) is 41.5 Å². The van der Waals surface area contributed by atoms with Crippen LogP contribution in [0.1, 0.15) is 24.8 Å². The maximum atomic E-state index is 13.1. The van der Waals surface area contributed by atoms with E-state index in [2.05, 4.69) is 20.4 Å². The van der Waals surface area contributed by atoms with E-state index in [0.29, 0.717) is 19.5 Å². The van der Waals surface area contributed by atoms with E-state index in [-0.39, 0.29) is 37.2 Å². The summed E-state index contributed by atoms with van der Waals surface area (Å²) in [5, 5.41) is 14.6. The zero-order valence-electron chi connectivity index (χ0n) is 17.5. The molecule has 0 aliphatic carbocycles. The van der Waals surface area contributed by atoms with Gasteiger partial charge in [-0.1, -0.05) is 5.22 Å². The molecule has 0 aromatic heterocycles.